The number of thiazole rings is 1. The lowest BCUT2D eigenvalue weighted by Gasteiger charge is -2.03. The van der Waals surface area contributed by atoms with Crippen molar-refractivity contribution in [3.63, 3.8) is 0 Å². The van der Waals surface area contributed by atoms with Gasteiger partial charge in [-0.3, -0.25) is 4.68 Å². The quantitative estimate of drug-likeness (QED) is 0.346. The predicted molar refractivity (Wildman–Crippen MR) is 145 cm³/mol. The van der Waals surface area contributed by atoms with E-state index in [1.165, 1.54) is 15.4 Å². The zero-order valence-corrected chi connectivity index (χ0v) is 24.4. The maximum atomic E-state index is 4.36. The predicted octanol–water partition coefficient (Wildman–Crippen LogP) is 8.76. The molecular formula is C26H45N5S2. The summed E-state index contributed by atoms with van der Waals surface area (Å²) in [5.41, 5.74) is 1.32. The molecule has 33 heavy (non-hydrogen) atoms. The summed E-state index contributed by atoms with van der Waals surface area (Å²) in [6.45, 7) is 26.0. The lowest BCUT2D eigenvalue weighted by molar-refractivity contribution is 0.531. The van der Waals surface area contributed by atoms with Crippen molar-refractivity contribution in [3.05, 3.63) is 44.1 Å². The van der Waals surface area contributed by atoms with Crippen LogP contribution in [0.4, 0.5) is 0 Å². The van der Waals surface area contributed by atoms with E-state index in [9.17, 15) is 0 Å². The normalized spacial score (nSPS) is 11.5. The van der Waals surface area contributed by atoms with Gasteiger partial charge in [0.05, 0.1) is 11.2 Å². The second-order valence-corrected chi connectivity index (χ2v) is 12.3. The molecule has 0 spiro atoms. The molecule has 3 heterocycles. The highest BCUT2D eigenvalue weighted by atomic mass is 32.1. The van der Waals surface area contributed by atoms with E-state index in [0.717, 1.165) is 10.0 Å². The molecule has 0 amide bonds. The van der Waals surface area contributed by atoms with Crippen LogP contribution < -0.4 is 0 Å². The Hall–Kier alpha value is -1.60. The van der Waals surface area contributed by atoms with Gasteiger partial charge in [-0.1, -0.05) is 69.2 Å². The largest absolute Gasteiger partial charge is 0.270 e. The first-order valence-electron chi connectivity index (χ1n) is 12.2. The van der Waals surface area contributed by atoms with Crippen molar-refractivity contribution >= 4 is 22.7 Å². The Morgan fingerprint density at radius 2 is 1.12 bits per heavy atom. The fraction of sp³-hybridized carbons (Fsp3) is 0.692. The van der Waals surface area contributed by atoms with Crippen molar-refractivity contribution < 1.29 is 0 Å². The van der Waals surface area contributed by atoms with Crippen molar-refractivity contribution in [2.75, 3.05) is 0 Å². The van der Waals surface area contributed by atoms with E-state index in [4.69, 9.17) is 0 Å². The van der Waals surface area contributed by atoms with E-state index in [-0.39, 0.29) is 0 Å². The summed E-state index contributed by atoms with van der Waals surface area (Å²) < 4.78 is 2.00. The van der Waals surface area contributed by atoms with Crippen LogP contribution >= 0.6 is 22.7 Å². The average Bonchev–Trinajstić information content (AvgIpc) is 3.49. The van der Waals surface area contributed by atoms with Crippen molar-refractivity contribution in [2.45, 2.75) is 119 Å². The molecule has 0 bridgehead atoms. The first-order chi connectivity index (χ1) is 15.3. The molecule has 5 nitrogen and oxygen atoms in total. The van der Waals surface area contributed by atoms with Gasteiger partial charge in [-0.25, -0.2) is 4.98 Å². The lowest BCUT2D eigenvalue weighted by Crippen LogP contribution is -1.99. The molecular weight excluding hydrogens is 446 g/mol. The molecule has 3 rings (SSSR count). The Kier molecular flexibility index (Phi) is 12.4. The maximum Gasteiger partial charge on any atom is 0.120 e. The second-order valence-electron chi connectivity index (χ2n) is 10.2. The lowest BCUT2D eigenvalue weighted by atomic mass is 10.1. The number of nitrogens with zero attached hydrogens (tertiary/aromatic N) is 5. The van der Waals surface area contributed by atoms with Gasteiger partial charge in [0.25, 0.3) is 0 Å². The van der Waals surface area contributed by atoms with Gasteiger partial charge in [0.15, 0.2) is 0 Å². The molecule has 0 aliphatic carbocycles. The van der Waals surface area contributed by atoms with Crippen LogP contribution in [0.25, 0.3) is 0 Å². The van der Waals surface area contributed by atoms with Gasteiger partial charge >= 0.3 is 0 Å². The molecule has 186 valence electrons. The number of rotatable bonds is 6. The van der Waals surface area contributed by atoms with E-state index >= 15 is 0 Å². The molecule has 0 N–H and O–H groups in total. The molecule has 3 aromatic rings. The van der Waals surface area contributed by atoms with Crippen LogP contribution in [0.1, 0.15) is 144 Å². The monoisotopic (exact) mass is 491 g/mol. The van der Waals surface area contributed by atoms with Gasteiger partial charge in [0.1, 0.15) is 10.0 Å². The zero-order valence-electron chi connectivity index (χ0n) is 22.7. The second kappa shape index (κ2) is 14.0. The number of hydrogen-bond acceptors (Lipinski definition) is 6. The van der Waals surface area contributed by atoms with Crippen LogP contribution in [0.15, 0.2) is 18.6 Å². The third-order valence-electron chi connectivity index (χ3n) is 4.87. The molecule has 0 aromatic carbocycles. The van der Waals surface area contributed by atoms with Gasteiger partial charge in [-0.05, 0) is 31.2 Å². The van der Waals surface area contributed by atoms with Crippen LogP contribution in [0.5, 0.6) is 0 Å². The minimum Gasteiger partial charge on any atom is -0.270 e. The number of aromatic nitrogens is 5. The SMILES string of the molecule is CC(C)c1cnc(C(C)C)s1.CC(C)c1cnn(C(C)C)c1.CC(C)c1nnc(C(C)C)s1. The fourth-order valence-electron chi connectivity index (χ4n) is 2.48. The highest BCUT2D eigenvalue weighted by Crippen LogP contribution is 2.26. The van der Waals surface area contributed by atoms with Crippen LogP contribution in [0.2, 0.25) is 0 Å². The highest BCUT2D eigenvalue weighted by molar-refractivity contribution is 7.11. The van der Waals surface area contributed by atoms with Crippen LogP contribution in [0.3, 0.4) is 0 Å². The minimum atomic E-state index is 0.475. The molecule has 0 unspecified atom stereocenters. The van der Waals surface area contributed by atoms with Gasteiger partial charge in [-0.15, -0.1) is 32.9 Å². The van der Waals surface area contributed by atoms with Gasteiger partial charge in [0.2, 0.25) is 0 Å². The number of hydrogen-bond donors (Lipinski definition) is 0. The van der Waals surface area contributed by atoms with Crippen molar-refractivity contribution in [1.29, 1.82) is 0 Å². The Bertz CT molecular complexity index is 730. The van der Waals surface area contributed by atoms with Gasteiger partial charge < -0.3 is 0 Å². The fourth-order valence-corrected chi connectivity index (χ4v) is 4.25. The van der Waals surface area contributed by atoms with Crippen molar-refractivity contribution in [2.24, 2.45) is 0 Å². The Labute approximate surface area is 210 Å². The molecule has 0 saturated carbocycles. The maximum absolute atomic E-state index is 4.36. The molecule has 0 aliphatic rings. The topological polar surface area (TPSA) is 56.5 Å². The van der Waals surface area contributed by atoms with Crippen LogP contribution in [-0.2, 0) is 0 Å². The van der Waals surface area contributed by atoms with Crippen LogP contribution in [0, 0.1) is 0 Å². The van der Waals surface area contributed by atoms with Gasteiger partial charge in [-0.2, -0.15) is 5.10 Å². The summed E-state index contributed by atoms with van der Waals surface area (Å²) in [5, 5.41) is 16.0. The summed E-state index contributed by atoms with van der Waals surface area (Å²) >= 11 is 3.56. The standard InChI is InChI=1S/C9H16N2.C9H15NS.C8H14N2S/c1-7(2)9-5-10-11(6-9)8(3)4;1-6(2)8-5-10-9(11-8)7(3)4;1-5(2)7-9-10-8(11-7)6(3)4/h5-8H,1-4H3;5-7H,1-4H3;5-6H,1-4H3. The highest BCUT2D eigenvalue weighted by Gasteiger charge is 2.09. The summed E-state index contributed by atoms with van der Waals surface area (Å²) in [4.78, 5) is 5.75. The van der Waals surface area contributed by atoms with Gasteiger partial charge in [0, 0.05) is 41.1 Å². The molecule has 0 saturated heterocycles. The average molecular weight is 492 g/mol. The molecule has 3 aromatic heterocycles. The van der Waals surface area contributed by atoms with E-state index in [0.29, 0.717) is 35.6 Å². The first-order valence-corrected chi connectivity index (χ1v) is 13.8. The summed E-state index contributed by atoms with van der Waals surface area (Å²) in [6.07, 6.45) is 6.07. The van der Waals surface area contributed by atoms with E-state index < -0.39 is 0 Å². The van der Waals surface area contributed by atoms with Crippen LogP contribution in [-0.4, -0.2) is 25.0 Å². The Morgan fingerprint density at radius 3 is 1.36 bits per heavy atom. The summed E-state index contributed by atoms with van der Waals surface area (Å²) in [5.74, 6) is 2.81. The molecule has 0 atom stereocenters. The van der Waals surface area contributed by atoms with E-state index in [2.05, 4.69) is 110 Å². The molecule has 0 aliphatic heterocycles. The summed E-state index contributed by atoms with van der Waals surface area (Å²) in [6, 6.07) is 0.475. The van der Waals surface area contributed by atoms with Crippen molar-refractivity contribution in [3.8, 4) is 0 Å². The zero-order chi connectivity index (χ0) is 25.3. The Balaban J connectivity index is 0.000000247. The minimum absolute atomic E-state index is 0.475. The Morgan fingerprint density at radius 1 is 0.606 bits per heavy atom. The molecule has 0 fully saturated rings. The smallest absolute Gasteiger partial charge is 0.120 e. The molecule has 0 radical (unpaired) electrons. The first kappa shape index (κ1) is 29.4. The van der Waals surface area contributed by atoms with Crippen molar-refractivity contribution in [1.82, 2.24) is 25.0 Å². The van der Waals surface area contributed by atoms with E-state index in [1.807, 2.05) is 28.4 Å². The molecule has 7 heteroatoms. The third kappa shape index (κ3) is 10.0. The summed E-state index contributed by atoms with van der Waals surface area (Å²) in [7, 11) is 0. The van der Waals surface area contributed by atoms with E-state index in [1.54, 1.807) is 11.3 Å². The third-order valence-corrected chi connectivity index (χ3v) is 7.99.